The van der Waals surface area contributed by atoms with Crippen molar-refractivity contribution in [3.05, 3.63) is 52.3 Å². The molecule has 0 amide bonds. The molecule has 0 radical (unpaired) electrons. The molecule has 1 heterocycles. The van der Waals surface area contributed by atoms with Crippen LogP contribution in [0.25, 0.3) is 0 Å². The third-order valence-electron chi connectivity index (χ3n) is 2.53. The van der Waals surface area contributed by atoms with Gasteiger partial charge in [-0.05, 0) is 31.2 Å². The highest BCUT2D eigenvalue weighted by Crippen LogP contribution is 2.24. The Morgan fingerprint density at radius 1 is 1.28 bits per heavy atom. The summed E-state index contributed by atoms with van der Waals surface area (Å²) in [5.74, 6) is 0.823. The number of pyridine rings is 1. The smallest absolute Gasteiger partial charge is 0.122 e. The lowest BCUT2D eigenvalue weighted by molar-refractivity contribution is 0.414. The van der Waals surface area contributed by atoms with Crippen molar-refractivity contribution >= 4 is 21.6 Å². The lowest BCUT2D eigenvalue weighted by atomic mass is 10.2. The van der Waals surface area contributed by atoms with Crippen molar-refractivity contribution in [3.63, 3.8) is 0 Å². The number of hydrogen-bond donors (Lipinski definition) is 1. The van der Waals surface area contributed by atoms with Crippen LogP contribution in [-0.2, 0) is 6.54 Å². The van der Waals surface area contributed by atoms with Crippen LogP contribution in [0.4, 0.5) is 5.69 Å². The minimum Gasteiger partial charge on any atom is -0.497 e. The number of rotatable bonds is 4. The van der Waals surface area contributed by atoms with Crippen LogP contribution in [0.1, 0.15) is 11.4 Å². The SMILES string of the molecule is COc1cc(Br)cc(NCc2cccc(C)n2)c1. The number of anilines is 1. The largest absolute Gasteiger partial charge is 0.497 e. The molecule has 0 spiro atoms. The Morgan fingerprint density at radius 3 is 2.83 bits per heavy atom. The molecule has 0 atom stereocenters. The van der Waals surface area contributed by atoms with Gasteiger partial charge in [0, 0.05) is 21.9 Å². The van der Waals surface area contributed by atoms with Crippen molar-refractivity contribution in [2.75, 3.05) is 12.4 Å². The second kappa shape index (κ2) is 5.87. The molecule has 1 N–H and O–H groups in total. The number of aromatic nitrogens is 1. The number of ether oxygens (including phenoxy) is 1. The minimum absolute atomic E-state index is 0.696. The van der Waals surface area contributed by atoms with Crippen LogP contribution < -0.4 is 10.1 Å². The number of aryl methyl sites for hydroxylation is 1. The van der Waals surface area contributed by atoms with Crippen LogP contribution in [0, 0.1) is 6.92 Å². The molecule has 0 saturated carbocycles. The van der Waals surface area contributed by atoms with E-state index in [9.17, 15) is 0 Å². The number of hydrogen-bond acceptors (Lipinski definition) is 3. The van der Waals surface area contributed by atoms with Gasteiger partial charge in [0.2, 0.25) is 0 Å². The van der Waals surface area contributed by atoms with E-state index in [4.69, 9.17) is 4.74 Å². The van der Waals surface area contributed by atoms with E-state index in [0.29, 0.717) is 6.54 Å². The topological polar surface area (TPSA) is 34.1 Å². The zero-order valence-electron chi connectivity index (χ0n) is 10.4. The van der Waals surface area contributed by atoms with Crippen LogP contribution in [0.3, 0.4) is 0 Å². The highest BCUT2D eigenvalue weighted by atomic mass is 79.9. The molecule has 0 bridgehead atoms. The van der Waals surface area contributed by atoms with E-state index in [0.717, 1.165) is 27.3 Å². The molecule has 94 valence electrons. The summed E-state index contributed by atoms with van der Waals surface area (Å²) in [6.45, 7) is 2.69. The van der Waals surface area contributed by atoms with Gasteiger partial charge >= 0.3 is 0 Å². The Hall–Kier alpha value is -1.55. The predicted molar refractivity (Wildman–Crippen MR) is 77.0 cm³/mol. The van der Waals surface area contributed by atoms with Crippen molar-refractivity contribution < 1.29 is 4.74 Å². The Morgan fingerprint density at radius 2 is 2.11 bits per heavy atom. The molecule has 1 aromatic heterocycles. The molecule has 4 heteroatoms. The zero-order valence-corrected chi connectivity index (χ0v) is 12.0. The number of nitrogens with one attached hydrogen (secondary N) is 1. The second-order valence-corrected chi connectivity index (χ2v) is 4.92. The summed E-state index contributed by atoms with van der Waals surface area (Å²) in [6, 6.07) is 11.9. The molecule has 0 fully saturated rings. The molecule has 18 heavy (non-hydrogen) atoms. The zero-order chi connectivity index (χ0) is 13.0. The van der Waals surface area contributed by atoms with Gasteiger partial charge in [0.05, 0.1) is 19.3 Å². The van der Waals surface area contributed by atoms with Gasteiger partial charge in [-0.1, -0.05) is 22.0 Å². The monoisotopic (exact) mass is 306 g/mol. The molecule has 0 aliphatic heterocycles. The first-order valence-electron chi connectivity index (χ1n) is 5.68. The summed E-state index contributed by atoms with van der Waals surface area (Å²) in [5, 5.41) is 3.33. The summed E-state index contributed by atoms with van der Waals surface area (Å²) in [5.41, 5.74) is 3.06. The van der Waals surface area contributed by atoms with Crippen LogP contribution >= 0.6 is 15.9 Å². The van der Waals surface area contributed by atoms with Gasteiger partial charge in [-0.15, -0.1) is 0 Å². The average Bonchev–Trinajstić information content (AvgIpc) is 2.36. The van der Waals surface area contributed by atoms with Crippen LogP contribution in [-0.4, -0.2) is 12.1 Å². The van der Waals surface area contributed by atoms with Crippen molar-refractivity contribution in [3.8, 4) is 5.75 Å². The first-order chi connectivity index (χ1) is 8.67. The van der Waals surface area contributed by atoms with Gasteiger partial charge in [-0.2, -0.15) is 0 Å². The highest BCUT2D eigenvalue weighted by Gasteiger charge is 2.00. The molecule has 2 aromatic rings. The second-order valence-electron chi connectivity index (χ2n) is 4.00. The normalized spacial score (nSPS) is 10.2. The molecule has 0 aliphatic rings. The Labute approximate surface area is 115 Å². The fourth-order valence-corrected chi connectivity index (χ4v) is 2.15. The van der Waals surface area contributed by atoms with Gasteiger partial charge in [0.25, 0.3) is 0 Å². The fraction of sp³-hybridized carbons (Fsp3) is 0.214. The van der Waals surface area contributed by atoms with Gasteiger partial charge in [0.1, 0.15) is 5.75 Å². The lowest BCUT2D eigenvalue weighted by Crippen LogP contribution is -2.02. The van der Waals surface area contributed by atoms with Crippen LogP contribution in [0.15, 0.2) is 40.9 Å². The molecule has 0 unspecified atom stereocenters. The van der Waals surface area contributed by atoms with E-state index in [1.54, 1.807) is 7.11 Å². The van der Waals surface area contributed by atoms with Gasteiger partial charge < -0.3 is 10.1 Å². The maximum Gasteiger partial charge on any atom is 0.122 e. The summed E-state index contributed by atoms with van der Waals surface area (Å²) in [7, 11) is 1.66. The molecular formula is C14H15BrN2O. The van der Waals surface area contributed by atoms with E-state index in [-0.39, 0.29) is 0 Å². The Balaban J connectivity index is 2.08. The van der Waals surface area contributed by atoms with E-state index in [1.807, 2.05) is 43.3 Å². The van der Waals surface area contributed by atoms with Gasteiger partial charge in [0.15, 0.2) is 0 Å². The van der Waals surface area contributed by atoms with Gasteiger partial charge in [-0.25, -0.2) is 0 Å². The molecule has 0 aliphatic carbocycles. The van der Waals surface area contributed by atoms with E-state index in [2.05, 4.69) is 26.2 Å². The summed E-state index contributed by atoms with van der Waals surface area (Å²) in [4.78, 5) is 4.45. The van der Waals surface area contributed by atoms with Crippen molar-refractivity contribution in [2.45, 2.75) is 13.5 Å². The van der Waals surface area contributed by atoms with Crippen molar-refractivity contribution in [2.24, 2.45) is 0 Å². The Kier molecular flexibility index (Phi) is 4.20. The molecule has 2 rings (SSSR count). The third kappa shape index (κ3) is 3.47. The summed E-state index contributed by atoms with van der Waals surface area (Å²) < 4.78 is 6.21. The first-order valence-corrected chi connectivity index (χ1v) is 6.47. The quantitative estimate of drug-likeness (QED) is 0.933. The maximum absolute atomic E-state index is 5.22. The van der Waals surface area contributed by atoms with Gasteiger partial charge in [-0.3, -0.25) is 4.98 Å². The van der Waals surface area contributed by atoms with E-state index in [1.165, 1.54) is 0 Å². The number of nitrogens with zero attached hydrogens (tertiary/aromatic N) is 1. The standard InChI is InChI=1S/C14H15BrN2O/c1-10-4-3-5-12(17-10)9-16-13-6-11(15)7-14(8-13)18-2/h3-8,16H,9H2,1-2H3. The van der Waals surface area contributed by atoms with Crippen molar-refractivity contribution in [1.29, 1.82) is 0 Å². The molecule has 1 aromatic carbocycles. The fourth-order valence-electron chi connectivity index (χ4n) is 1.67. The van der Waals surface area contributed by atoms with Crippen LogP contribution in [0.5, 0.6) is 5.75 Å². The Bertz CT molecular complexity index is 543. The summed E-state index contributed by atoms with van der Waals surface area (Å²) >= 11 is 3.46. The number of methoxy groups -OCH3 is 1. The van der Waals surface area contributed by atoms with E-state index >= 15 is 0 Å². The van der Waals surface area contributed by atoms with E-state index < -0.39 is 0 Å². The molecular weight excluding hydrogens is 292 g/mol. The van der Waals surface area contributed by atoms with Crippen LogP contribution in [0.2, 0.25) is 0 Å². The molecule has 0 saturated heterocycles. The third-order valence-corrected chi connectivity index (χ3v) is 2.98. The lowest BCUT2D eigenvalue weighted by Gasteiger charge is -2.09. The number of benzene rings is 1. The highest BCUT2D eigenvalue weighted by molar-refractivity contribution is 9.10. The average molecular weight is 307 g/mol. The minimum atomic E-state index is 0.696. The number of halogens is 1. The maximum atomic E-state index is 5.22. The molecule has 3 nitrogen and oxygen atoms in total. The first kappa shape index (κ1) is 12.9. The van der Waals surface area contributed by atoms with Crippen molar-refractivity contribution in [1.82, 2.24) is 4.98 Å². The summed E-state index contributed by atoms with van der Waals surface area (Å²) in [6.07, 6.45) is 0. The predicted octanol–water partition coefficient (Wildman–Crippen LogP) is 3.77.